The van der Waals surface area contributed by atoms with E-state index >= 15 is 0 Å². The van der Waals surface area contributed by atoms with Gasteiger partial charge in [0.05, 0.1) is 19.1 Å². The van der Waals surface area contributed by atoms with Crippen LogP contribution in [0.2, 0.25) is 0 Å². The molecule has 7 nitrogen and oxygen atoms in total. The van der Waals surface area contributed by atoms with Gasteiger partial charge < -0.3 is 9.47 Å². The number of halogens is 1. The molecule has 2 heterocycles. The molecule has 0 radical (unpaired) electrons. The molecule has 0 saturated carbocycles. The van der Waals surface area contributed by atoms with E-state index in [0.717, 1.165) is 15.3 Å². The van der Waals surface area contributed by atoms with Crippen molar-refractivity contribution in [1.29, 1.82) is 0 Å². The van der Waals surface area contributed by atoms with Crippen molar-refractivity contribution >= 4 is 44.5 Å². The monoisotopic (exact) mass is 474 g/mol. The number of thioether (sulfide) groups is 1. The van der Waals surface area contributed by atoms with Gasteiger partial charge in [0, 0.05) is 15.3 Å². The summed E-state index contributed by atoms with van der Waals surface area (Å²) < 4.78 is 12.3. The fraction of sp³-hybridized carbons (Fsp3) is 0.250. The number of carbonyl (C=O) groups excluding carboxylic acids is 1. The fourth-order valence-electron chi connectivity index (χ4n) is 3.37. The zero-order chi connectivity index (χ0) is 20.5. The van der Waals surface area contributed by atoms with Crippen LogP contribution in [0.25, 0.3) is 5.70 Å². The standard InChI is InChI=1S/C20H19BrN4O3S/c1-4-28-15-7-5-6-12(17(15)27-2)18-22-14-9-8-11(21)10-13(14)16-19(26)23-20(29-3)24-25(16)18/h5-10,18H,4H2,1-3H3,(H,23,24,26)/t18-/m0/s1. The van der Waals surface area contributed by atoms with Crippen LogP contribution in [0.15, 0.2) is 51.0 Å². The van der Waals surface area contributed by atoms with Crippen molar-refractivity contribution in [2.24, 2.45) is 10.1 Å². The van der Waals surface area contributed by atoms with E-state index in [-0.39, 0.29) is 5.91 Å². The van der Waals surface area contributed by atoms with E-state index in [1.807, 2.05) is 49.6 Å². The van der Waals surface area contributed by atoms with Gasteiger partial charge in [-0.1, -0.05) is 39.8 Å². The van der Waals surface area contributed by atoms with E-state index in [9.17, 15) is 4.79 Å². The first kappa shape index (κ1) is 19.8. The third kappa shape index (κ3) is 3.49. The first-order chi connectivity index (χ1) is 14.1. The minimum atomic E-state index is -0.567. The molecule has 0 saturated heterocycles. The molecule has 0 aliphatic carbocycles. The molecule has 2 aliphatic heterocycles. The van der Waals surface area contributed by atoms with E-state index in [1.165, 1.54) is 11.8 Å². The highest BCUT2D eigenvalue weighted by Crippen LogP contribution is 2.40. The van der Waals surface area contributed by atoms with Gasteiger partial charge in [-0.2, -0.15) is 0 Å². The van der Waals surface area contributed by atoms with Gasteiger partial charge in [-0.25, -0.2) is 5.01 Å². The maximum atomic E-state index is 13.0. The Balaban J connectivity index is 1.99. The van der Waals surface area contributed by atoms with E-state index in [2.05, 4.69) is 26.3 Å². The number of benzene rings is 2. The van der Waals surface area contributed by atoms with Crippen molar-refractivity contribution in [3.63, 3.8) is 0 Å². The van der Waals surface area contributed by atoms with Gasteiger partial charge in [-0.05, 0) is 37.4 Å². The SMILES string of the molecule is CCOc1cccc([C@H]2N=c3ccc(Br)cc3=C3C(=O)NC(SC)=NN32)c1OC. The molecule has 29 heavy (non-hydrogen) atoms. The van der Waals surface area contributed by atoms with Crippen molar-refractivity contribution in [3.05, 3.63) is 57.0 Å². The highest BCUT2D eigenvalue weighted by Gasteiger charge is 2.36. The lowest BCUT2D eigenvalue weighted by molar-refractivity contribution is -0.116. The van der Waals surface area contributed by atoms with Gasteiger partial charge in [0.25, 0.3) is 5.91 Å². The summed E-state index contributed by atoms with van der Waals surface area (Å²) in [5, 5.41) is 11.1. The van der Waals surface area contributed by atoms with Crippen molar-refractivity contribution < 1.29 is 14.3 Å². The smallest absolute Gasteiger partial charge is 0.276 e. The summed E-state index contributed by atoms with van der Waals surface area (Å²) in [6.45, 7) is 2.43. The van der Waals surface area contributed by atoms with Crippen LogP contribution in [-0.2, 0) is 4.79 Å². The van der Waals surface area contributed by atoms with Crippen LogP contribution in [0.5, 0.6) is 11.5 Å². The normalized spacial score (nSPS) is 17.6. The first-order valence-corrected chi connectivity index (χ1v) is 11.0. The van der Waals surface area contributed by atoms with E-state index in [4.69, 9.17) is 14.5 Å². The second kappa shape index (κ2) is 8.08. The number of hydrogen-bond acceptors (Lipinski definition) is 7. The summed E-state index contributed by atoms with van der Waals surface area (Å²) in [6, 6.07) is 11.3. The molecule has 0 spiro atoms. The summed E-state index contributed by atoms with van der Waals surface area (Å²) >= 11 is 4.84. The van der Waals surface area contributed by atoms with E-state index < -0.39 is 6.17 Å². The largest absolute Gasteiger partial charge is 0.492 e. The molecule has 0 fully saturated rings. The molecule has 2 aliphatic rings. The molecule has 2 aromatic carbocycles. The van der Waals surface area contributed by atoms with Crippen molar-refractivity contribution in [1.82, 2.24) is 10.3 Å². The van der Waals surface area contributed by atoms with E-state index in [1.54, 1.807) is 12.1 Å². The van der Waals surface area contributed by atoms with Crippen molar-refractivity contribution in [2.75, 3.05) is 20.0 Å². The molecule has 0 aromatic heterocycles. The Hall–Kier alpha value is -2.52. The Morgan fingerprint density at radius 1 is 1.31 bits per heavy atom. The molecular weight excluding hydrogens is 456 g/mol. The second-order valence-electron chi connectivity index (χ2n) is 6.23. The lowest BCUT2D eigenvalue weighted by Crippen LogP contribution is -2.50. The van der Waals surface area contributed by atoms with Crippen LogP contribution in [-0.4, -0.2) is 36.1 Å². The maximum absolute atomic E-state index is 13.0. The Bertz CT molecular complexity index is 1140. The van der Waals surface area contributed by atoms with Gasteiger partial charge in [0.1, 0.15) is 5.70 Å². The van der Waals surface area contributed by atoms with Crippen LogP contribution < -0.4 is 25.4 Å². The minimum absolute atomic E-state index is 0.219. The summed E-state index contributed by atoms with van der Waals surface area (Å²) in [5.74, 6) is 0.986. The molecule has 1 N–H and O–H groups in total. The lowest BCUT2D eigenvalue weighted by atomic mass is 10.1. The molecule has 150 valence electrons. The second-order valence-corrected chi connectivity index (χ2v) is 7.94. The van der Waals surface area contributed by atoms with Gasteiger partial charge in [0.2, 0.25) is 0 Å². The zero-order valence-corrected chi connectivity index (χ0v) is 18.5. The topological polar surface area (TPSA) is 75.5 Å². The highest BCUT2D eigenvalue weighted by atomic mass is 79.9. The average Bonchev–Trinajstić information content (AvgIpc) is 2.72. The molecule has 1 amide bonds. The Morgan fingerprint density at radius 3 is 2.86 bits per heavy atom. The van der Waals surface area contributed by atoms with Gasteiger partial charge in [-0.3, -0.25) is 15.1 Å². The van der Waals surface area contributed by atoms with Crippen molar-refractivity contribution in [2.45, 2.75) is 13.1 Å². The molecule has 0 unspecified atom stereocenters. The van der Waals surface area contributed by atoms with Crippen molar-refractivity contribution in [3.8, 4) is 11.5 Å². The number of amidine groups is 1. The van der Waals surface area contributed by atoms with Gasteiger partial charge in [0.15, 0.2) is 22.8 Å². The van der Waals surface area contributed by atoms with Crippen LogP contribution in [0.1, 0.15) is 18.7 Å². The molecule has 4 rings (SSSR count). The van der Waals surface area contributed by atoms with Gasteiger partial charge >= 0.3 is 0 Å². The number of nitrogens with zero attached hydrogens (tertiary/aromatic N) is 3. The Kier molecular flexibility index (Phi) is 5.51. The zero-order valence-electron chi connectivity index (χ0n) is 16.1. The van der Waals surface area contributed by atoms with Crippen LogP contribution >= 0.6 is 27.7 Å². The molecule has 9 heteroatoms. The number of methoxy groups -OCH3 is 1. The number of fused-ring (bicyclic) bond motifs is 2. The maximum Gasteiger partial charge on any atom is 0.276 e. The minimum Gasteiger partial charge on any atom is -0.492 e. The lowest BCUT2D eigenvalue weighted by Gasteiger charge is -2.34. The fourth-order valence-corrected chi connectivity index (χ4v) is 4.10. The number of para-hydroxylation sites is 1. The third-order valence-corrected chi connectivity index (χ3v) is 5.62. The number of nitrogens with one attached hydrogen (secondary N) is 1. The van der Waals surface area contributed by atoms with E-state index in [0.29, 0.717) is 34.3 Å². The number of hydrogen-bond donors (Lipinski definition) is 1. The first-order valence-electron chi connectivity index (χ1n) is 8.98. The molecular formula is C20H19BrN4O3S. The van der Waals surface area contributed by atoms with Crippen LogP contribution in [0, 0.1) is 0 Å². The third-order valence-electron chi connectivity index (χ3n) is 4.55. The predicted molar refractivity (Wildman–Crippen MR) is 116 cm³/mol. The quantitative estimate of drug-likeness (QED) is 0.735. The highest BCUT2D eigenvalue weighted by molar-refractivity contribution is 9.10. The summed E-state index contributed by atoms with van der Waals surface area (Å²) in [5.41, 5.74) is 1.21. The Labute approximate surface area is 180 Å². The number of rotatable bonds is 4. The number of ether oxygens (including phenoxy) is 2. The molecule has 0 bridgehead atoms. The van der Waals surface area contributed by atoms with Crippen LogP contribution in [0.3, 0.4) is 0 Å². The molecule has 1 atom stereocenters. The number of amides is 1. The predicted octanol–water partition coefficient (Wildman–Crippen LogP) is 2.36. The number of hydrazone groups is 1. The number of carbonyl (C=O) groups is 1. The summed E-state index contributed by atoms with van der Waals surface area (Å²) in [7, 11) is 1.60. The van der Waals surface area contributed by atoms with Gasteiger partial charge in [-0.15, -0.1) is 5.10 Å². The summed E-state index contributed by atoms with van der Waals surface area (Å²) in [6.07, 6.45) is 1.29. The average molecular weight is 475 g/mol. The summed E-state index contributed by atoms with van der Waals surface area (Å²) in [4.78, 5) is 17.9. The Morgan fingerprint density at radius 2 is 2.14 bits per heavy atom. The van der Waals surface area contributed by atoms with Crippen LogP contribution in [0.4, 0.5) is 0 Å². The molecule has 2 aromatic rings.